The molecular formula is C14H19NOS. The zero-order valence-electron chi connectivity index (χ0n) is 10.3. The molecule has 0 bridgehead atoms. The number of hydrogen-bond donors (Lipinski definition) is 0. The minimum absolute atomic E-state index is 0.260. The van der Waals surface area contributed by atoms with Gasteiger partial charge in [0.1, 0.15) is 0 Å². The van der Waals surface area contributed by atoms with E-state index in [0.29, 0.717) is 5.75 Å². The molecule has 1 amide bonds. The number of hydrogen-bond acceptors (Lipinski definition) is 2. The summed E-state index contributed by atoms with van der Waals surface area (Å²) in [6, 6.07) is 8.22. The normalized spacial score (nSPS) is 13.8. The maximum absolute atomic E-state index is 12.1. The van der Waals surface area contributed by atoms with Gasteiger partial charge in [-0.15, -0.1) is 0 Å². The molecule has 0 fully saturated rings. The Kier molecular flexibility index (Phi) is 4.49. The van der Waals surface area contributed by atoms with Crippen molar-refractivity contribution in [2.45, 2.75) is 26.2 Å². The zero-order valence-corrected chi connectivity index (χ0v) is 11.1. The molecule has 0 unspecified atom stereocenters. The van der Waals surface area contributed by atoms with Crippen molar-refractivity contribution in [2.75, 3.05) is 23.0 Å². The van der Waals surface area contributed by atoms with Gasteiger partial charge in [-0.3, -0.25) is 4.79 Å². The van der Waals surface area contributed by atoms with Gasteiger partial charge in [-0.2, -0.15) is 11.8 Å². The summed E-state index contributed by atoms with van der Waals surface area (Å²) < 4.78 is 0. The fourth-order valence-corrected chi connectivity index (χ4v) is 3.05. The molecule has 92 valence electrons. The first-order valence-electron chi connectivity index (χ1n) is 6.29. The van der Waals surface area contributed by atoms with Gasteiger partial charge in [-0.05, 0) is 30.2 Å². The molecule has 0 N–H and O–H groups in total. The molecule has 1 aromatic rings. The van der Waals surface area contributed by atoms with Crippen LogP contribution in [0.4, 0.5) is 5.69 Å². The zero-order chi connectivity index (χ0) is 12.1. The fourth-order valence-electron chi connectivity index (χ4n) is 2.08. The lowest BCUT2D eigenvalue weighted by Crippen LogP contribution is -2.30. The van der Waals surface area contributed by atoms with Gasteiger partial charge in [0.15, 0.2) is 0 Å². The average molecular weight is 249 g/mol. The SMILES string of the molecule is CCCCSCC(=O)N1CCc2ccccc21. The van der Waals surface area contributed by atoms with Crippen molar-refractivity contribution in [1.82, 2.24) is 0 Å². The summed E-state index contributed by atoms with van der Waals surface area (Å²) in [5, 5.41) is 0. The number of fused-ring (bicyclic) bond motifs is 1. The van der Waals surface area contributed by atoms with Crippen molar-refractivity contribution in [1.29, 1.82) is 0 Å². The molecule has 0 saturated heterocycles. The second-order valence-corrected chi connectivity index (χ2v) is 5.44. The molecule has 0 radical (unpaired) electrons. The van der Waals surface area contributed by atoms with Crippen molar-refractivity contribution in [3.63, 3.8) is 0 Å². The summed E-state index contributed by atoms with van der Waals surface area (Å²) in [6.45, 7) is 3.03. The molecule has 0 aromatic heterocycles. The predicted octanol–water partition coefficient (Wildman–Crippen LogP) is 3.11. The molecule has 0 aliphatic carbocycles. The number of amides is 1. The largest absolute Gasteiger partial charge is 0.311 e. The summed E-state index contributed by atoms with van der Waals surface area (Å²) >= 11 is 1.76. The number of benzene rings is 1. The summed E-state index contributed by atoms with van der Waals surface area (Å²) in [5.74, 6) is 1.97. The lowest BCUT2D eigenvalue weighted by molar-refractivity contribution is -0.116. The number of unbranched alkanes of at least 4 members (excludes halogenated alkanes) is 1. The van der Waals surface area contributed by atoms with Crippen LogP contribution in [0.1, 0.15) is 25.3 Å². The highest BCUT2D eigenvalue weighted by atomic mass is 32.2. The smallest absolute Gasteiger partial charge is 0.236 e. The van der Waals surface area contributed by atoms with Crippen LogP contribution in [0.5, 0.6) is 0 Å². The van der Waals surface area contributed by atoms with Crippen molar-refractivity contribution < 1.29 is 4.79 Å². The van der Waals surface area contributed by atoms with Crippen molar-refractivity contribution in [3.8, 4) is 0 Å². The molecule has 3 heteroatoms. The molecule has 1 aromatic carbocycles. The van der Waals surface area contributed by atoms with E-state index in [1.54, 1.807) is 11.8 Å². The van der Waals surface area contributed by atoms with E-state index in [1.165, 1.54) is 18.4 Å². The second-order valence-electron chi connectivity index (χ2n) is 4.33. The van der Waals surface area contributed by atoms with Crippen LogP contribution in [0.3, 0.4) is 0 Å². The topological polar surface area (TPSA) is 20.3 Å². The summed E-state index contributed by atoms with van der Waals surface area (Å²) in [6.07, 6.45) is 3.41. The Labute approximate surface area is 107 Å². The number of anilines is 1. The van der Waals surface area contributed by atoms with Crippen LogP contribution in [0, 0.1) is 0 Å². The molecule has 2 nitrogen and oxygen atoms in total. The Morgan fingerprint density at radius 2 is 2.24 bits per heavy atom. The number of rotatable bonds is 5. The minimum atomic E-state index is 0.260. The Bertz CT molecular complexity index is 392. The highest BCUT2D eigenvalue weighted by Crippen LogP contribution is 2.27. The molecule has 1 aliphatic rings. The van der Waals surface area contributed by atoms with Crippen LogP contribution < -0.4 is 4.90 Å². The minimum Gasteiger partial charge on any atom is -0.311 e. The Morgan fingerprint density at radius 1 is 1.41 bits per heavy atom. The van der Waals surface area contributed by atoms with Gasteiger partial charge < -0.3 is 4.90 Å². The third-order valence-corrected chi connectivity index (χ3v) is 4.08. The highest BCUT2D eigenvalue weighted by molar-refractivity contribution is 7.99. The van der Waals surface area contributed by atoms with Crippen LogP contribution in [0.15, 0.2) is 24.3 Å². The van der Waals surface area contributed by atoms with E-state index >= 15 is 0 Å². The van der Waals surface area contributed by atoms with Crippen molar-refractivity contribution in [3.05, 3.63) is 29.8 Å². The molecule has 1 heterocycles. The van der Waals surface area contributed by atoms with Gasteiger partial charge in [0.25, 0.3) is 0 Å². The standard InChI is InChI=1S/C14H19NOS/c1-2-3-10-17-11-14(16)15-9-8-12-6-4-5-7-13(12)15/h4-7H,2-3,8-11H2,1H3. The molecule has 17 heavy (non-hydrogen) atoms. The number of carbonyl (C=O) groups excluding carboxylic acids is 1. The predicted molar refractivity (Wildman–Crippen MR) is 74.7 cm³/mol. The molecular weight excluding hydrogens is 230 g/mol. The van der Waals surface area contributed by atoms with Crippen molar-refractivity contribution in [2.24, 2.45) is 0 Å². The monoisotopic (exact) mass is 249 g/mol. The second kappa shape index (κ2) is 6.10. The Morgan fingerprint density at radius 3 is 3.06 bits per heavy atom. The first-order chi connectivity index (χ1) is 8.33. The van der Waals surface area contributed by atoms with E-state index in [2.05, 4.69) is 19.1 Å². The summed E-state index contributed by atoms with van der Waals surface area (Å²) in [5.41, 5.74) is 2.42. The van der Waals surface area contributed by atoms with E-state index in [4.69, 9.17) is 0 Å². The van der Waals surface area contributed by atoms with Crippen LogP contribution in [0.25, 0.3) is 0 Å². The molecule has 0 spiro atoms. The Hall–Kier alpha value is -0.960. The number of para-hydroxylation sites is 1. The molecule has 2 rings (SSSR count). The van der Waals surface area contributed by atoms with Gasteiger partial charge in [0.2, 0.25) is 5.91 Å². The summed E-state index contributed by atoms with van der Waals surface area (Å²) in [4.78, 5) is 14.0. The number of nitrogens with zero attached hydrogens (tertiary/aromatic N) is 1. The lowest BCUT2D eigenvalue weighted by atomic mass is 10.2. The van der Waals surface area contributed by atoms with Gasteiger partial charge in [0.05, 0.1) is 5.75 Å². The van der Waals surface area contributed by atoms with Gasteiger partial charge in [-0.25, -0.2) is 0 Å². The fraction of sp³-hybridized carbons (Fsp3) is 0.500. The Balaban J connectivity index is 1.89. The van der Waals surface area contributed by atoms with E-state index in [-0.39, 0.29) is 5.91 Å². The van der Waals surface area contributed by atoms with E-state index in [0.717, 1.165) is 24.4 Å². The van der Waals surface area contributed by atoms with Crippen LogP contribution >= 0.6 is 11.8 Å². The van der Waals surface area contributed by atoms with Crippen molar-refractivity contribution >= 4 is 23.4 Å². The van der Waals surface area contributed by atoms with Crippen LogP contribution in [-0.4, -0.2) is 24.0 Å². The average Bonchev–Trinajstić information content (AvgIpc) is 2.78. The molecule has 0 atom stereocenters. The quantitative estimate of drug-likeness (QED) is 0.747. The van der Waals surface area contributed by atoms with E-state index in [9.17, 15) is 4.79 Å². The summed E-state index contributed by atoms with van der Waals surface area (Å²) in [7, 11) is 0. The third kappa shape index (κ3) is 3.03. The van der Waals surface area contributed by atoms with E-state index < -0.39 is 0 Å². The van der Waals surface area contributed by atoms with Crippen LogP contribution in [0.2, 0.25) is 0 Å². The maximum atomic E-state index is 12.1. The highest BCUT2D eigenvalue weighted by Gasteiger charge is 2.23. The number of thioether (sulfide) groups is 1. The third-order valence-electron chi connectivity index (χ3n) is 3.06. The molecule has 1 aliphatic heterocycles. The number of carbonyl (C=O) groups is 1. The lowest BCUT2D eigenvalue weighted by Gasteiger charge is -2.16. The first-order valence-corrected chi connectivity index (χ1v) is 7.44. The van der Waals surface area contributed by atoms with E-state index in [1.807, 2.05) is 17.0 Å². The first kappa shape index (κ1) is 12.5. The van der Waals surface area contributed by atoms with Gasteiger partial charge >= 0.3 is 0 Å². The van der Waals surface area contributed by atoms with Gasteiger partial charge in [0, 0.05) is 12.2 Å². The maximum Gasteiger partial charge on any atom is 0.236 e. The molecule has 0 saturated carbocycles. The van der Waals surface area contributed by atoms with Gasteiger partial charge in [-0.1, -0.05) is 31.5 Å². The van der Waals surface area contributed by atoms with Crippen LogP contribution in [-0.2, 0) is 11.2 Å².